The van der Waals surface area contributed by atoms with Gasteiger partial charge >= 0.3 is 0 Å². The quantitative estimate of drug-likeness (QED) is 0.542. The Morgan fingerprint density at radius 1 is 1.40 bits per heavy atom. The van der Waals surface area contributed by atoms with Gasteiger partial charge in [-0.05, 0) is 0 Å². The molecule has 0 saturated heterocycles. The number of methoxy groups -OCH3 is 1. The van der Waals surface area contributed by atoms with Gasteiger partial charge in [-0.1, -0.05) is 0 Å². The molecule has 0 N–H and O–H groups in total. The van der Waals surface area contributed by atoms with Crippen LogP contribution in [-0.2, 0) is 19.0 Å². The molecular weight excluding hydrogens is 156 g/mol. The first-order valence-corrected chi connectivity index (χ1v) is 4.75. The van der Waals surface area contributed by atoms with E-state index in [1.54, 1.807) is 0 Å². The second-order valence-electron chi connectivity index (χ2n) is 2.35. The molecule has 1 fully saturated rings. The van der Waals surface area contributed by atoms with Crippen molar-refractivity contribution in [3.05, 3.63) is 0 Å². The first kappa shape index (κ1) is 7.97. The second kappa shape index (κ2) is 2.48. The van der Waals surface area contributed by atoms with Gasteiger partial charge in [0, 0.05) is 13.5 Å². The zero-order valence-corrected chi connectivity index (χ0v) is 6.72. The third kappa shape index (κ3) is 2.24. The molecule has 2 unspecified atom stereocenters. The summed E-state index contributed by atoms with van der Waals surface area (Å²) in [6.07, 6.45) is 1.47. The van der Waals surface area contributed by atoms with Crippen molar-refractivity contribution in [3.63, 3.8) is 0 Å². The highest BCUT2D eigenvalue weighted by atomic mass is 32.2. The van der Waals surface area contributed by atoms with Crippen molar-refractivity contribution in [2.24, 2.45) is 0 Å². The molecule has 60 valence electrons. The van der Waals surface area contributed by atoms with E-state index in [0.717, 1.165) is 6.26 Å². The minimum absolute atomic E-state index is 0.0188. The molecule has 0 radical (unpaired) electrons. The van der Waals surface area contributed by atoms with E-state index in [-0.39, 0.29) is 12.2 Å². The summed E-state index contributed by atoms with van der Waals surface area (Å²) in [6.45, 7) is 0. The van der Waals surface area contributed by atoms with Crippen LogP contribution in [0.15, 0.2) is 0 Å². The molecular formula is C5H10O4S. The molecule has 5 heteroatoms. The van der Waals surface area contributed by atoms with Crippen molar-refractivity contribution >= 4 is 10.1 Å². The van der Waals surface area contributed by atoms with Crippen LogP contribution in [0.1, 0.15) is 6.42 Å². The van der Waals surface area contributed by atoms with E-state index in [1.165, 1.54) is 7.11 Å². The highest BCUT2D eigenvalue weighted by Crippen LogP contribution is 2.29. The molecule has 1 aliphatic rings. The van der Waals surface area contributed by atoms with Crippen LogP contribution in [0.4, 0.5) is 0 Å². The van der Waals surface area contributed by atoms with Crippen LogP contribution >= 0.6 is 0 Å². The summed E-state index contributed by atoms with van der Waals surface area (Å²) in [5.74, 6) is 0. The summed E-state index contributed by atoms with van der Waals surface area (Å²) in [6, 6.07) is 0. The molecule has 0 amide bonds. The van der Waals surface area contributed by atoms with Crippen molar-refractivity contribution < 1.29 is 17.3 Å². The predicted molar refractivity (Wildman–Crippen MR) is 35.1 cm³/mol. The fourth-order valence-electron chi connectivity index (χ4n) is 0.724. The average Bonchev–Trinajstić information content (AvgIpc) is 2.42. The van der Waals surface area contributed by atoms with E-state index in [9.17, 15) is 8.42 Å². The van der Waals surface area contributed by atoms with Crippen LogP contribution in [0.2, 0.25) is 0 Å². The zero-order valence-electron chi connectivity index (χ0n) is 5.90. The number of hydrogen-bond acceptors (Lipinski definition) is 4. The molecule has 0 heterocycles. The highest BCUT2D eigenvalue weighted by molar-refractivity contribution is 7.86. The largest absolute Gasteiger partial charge is 0.379 e. The highest BCUT2D eigenvalue weighted by Gasteiger charge is 2.41. The van der Waals surface area contributed by atoms with Gasteiger partial charge in [0.25, 0.3) is 10.1 Å². The molecule has 0 aliphatic heterocycles. The molecule has 0 aromatic carbocycles. The predicted octanol–water partition coefficient (Wildman–Crippen LogP) is -0.250. The van der Waals surface area contributed by atoms with E-state index in [4.69, 9.17) is 4.74 Å². The van der Waals surface area contributed by atoms with Crippen molar-refractivity contribution in [2.45, 2.75) is 18.6 Å². The summed E-state index contributed by atoms with van der Waals surface area (Å²) in [7, 11) is -1.75. The van der Waals surface area contributed by atoms with Gasteiger partial charge in [-0.2, -0.15) is 8.42 Å². The lowest BCUT2D eigenvalue weighted by molar-refractivity contribution is 0.140. The average molecular weight is 166 g/mol. The minimum Gasteiger partial charge on any atom is -0.379 e. The second-order valence-corrected chi connectivity index (χ2v) is 3.95. The van der Waals surface area contributed by atoms with Crippen molar-refractivity contribution in [1.82, 2.24) is 0 Å². The maximum absolute atomic E-state index is 10.5. The van der Waals surface area contributed by atoms with Crippen LogP contribution in [0.3, 0.4) is 0 Å². The van der Waals surface area contributed by atoms with Crippen LogP contribution in [0, 0.1) is 0 Å². The lowest BCUT2D eigenvalue weighted by Gasteiger charge is -1.97. The van der Waals surface area contributed by atoms with E-state index in [2.05, 4.69) is 4.18 Å². The van der Waals surface area contributed by atoms with Gasteiger partial charge in [-0.25, -0.2) is 0 Å². The maximum Gasteiger partial charge on any atom is 0.264 e. The van der Waals surface area contributed by atoms with Gasteiger partial charge in [0.2, 0.25) is 0 Å². The molecule has 0 bridgehead atoms. The zero-order chi connectivity index (χ0) is 7.78. The molecule has 1 saturated carbocycles. The maximum atomic E-state index is 10.5. The molecule has 2 atom stereocenters. The summed E-state index contributed by atoms with van der Waals surface area (Å²) in [5, 5.41) is 0. The van der Waals surface area contributed by atoms with Crippen LogP contribution in [-0.4, -0.2) is 34.0 Å². The Balaban J connectivity index is 2.31. The van der Waals surface area contributed by atoms with Gasteiger partial charge in [0.1, 0.15) is 6.10 Å². The Kier molecular flexibility index (Phi) is 1.98. The van der Waals surface area contributed by atoms with Gasteiger partial charge in [-0.3, -0.25) is 4.18 Å². The van der Waals surface area contributed by atoms with Crippen LogP contribution in [0.5, 0.6) is 0 Å². The summed E-state index contributed by atoms with van der Waals surface area (Å²) in [5.41, 5.74) is 0. The van der Waals surface area contributed by atoms with E-state index in [0.29, 0.717) is 6.42 Å². The number of ether oxygens (including phenoxy) is 1. The standard InChI is InChI=1S/C5H10O4S/c1-8-4-3-5(4)9-10(2,6)7/h4-5H,3H2,1-2H3. The monoisotopic (exact) mass is 166 g/mol. The third-order valence-corrected chi connectivity index (χ3v) is 1.87. The fraction of sp³-hybridized carbons (Fsp3) is 1.00. The Hall–Kier alpha value is -0.130. The van der Waals surface area contributed by atoms with Gasteiger partial charge in [0.15, 0.2) is 0 Å². The normalized spacial score (nSPS) is 32.2. The Bertz CT molecular complexity index is 208. The van der Waals surface area contributed by atoms with E-state index >= 15 is 0 Å². The number of hydrogen-bond donors (Lipinski definition) is 0. The van der Waals surface area contributed by atoms with Crippen molar-refractivity contribution in [2.75, 3.05) is 13.4 Å². The summed E-state index contributed by atoms with van der Waals surface area (Å²) in [4.78, 5) is 0. The lowest BCUT2D eigenvalue weighted by atomic mass is 10.8. The number of rotatable bonds is 3. The molecule has 0 aromatic heterocycles. The first-order chi connectivity index (χ1) is 4.53. The van der Waals surface area contributed by atoms with Gasteiger partial charge < -0.3 is 4.74 Å². The molecule has 0 aromatic rings. The van der Waals surface area contributed by atoms with Crippen LogP contribution < -0.4 is 0 Å². The Labute approximate surface area is 60.3 Å². The molecule has 0 spiro atoms. The van der Waals surface area contributed by atoms with Crippen molar-refractivity contribution in [3.8, 4) is 0 Å². The van der Waals surface area contributed by atoms with E-state index < -0.39 is 10.1 Å². The van der Waals surface area contributed by atoms with Crippen LogP contribution in [0.25, 0.3) is 0 Å². The lowest BCUT2D eigenvalue weighted by Crippen LogP contribution is -2.08. The molecule has 1 aliphatic carbocycles. The summed E-state index contributed by atoms with van der Waals surface area (Å²) < 4.78 is 30.4. The topological polar surface area (TPSA) is 52.6 Å². The molecule has 1 rings (SSSR count). The van der Waals surface area contributed by atoms with Gasteiger partial charge in [0.05, 0.1) is 12.4 Å². The fourth-order valence-corrected chi connectivity index (χ4v) is 1.38. The van der Waals surface area contributed by atoms with E-state index in [1.807, 2.05) is 0 Å². The molecule has 10 heavy (non-hydrogen) atoms. The Morgan fingerprint density at radius 3 is 2.30 bits per heavy atom. The van der Waals surface area contributed by atoms with Gasteiger partial charge in [-0.15, -0.1) is 0 Å². The minimum atomic E-state index is -3.28. The SMILES string of the molecule is COC1CC1OS(C)(=O)=O. The Morgan fingerprint density at radius 2 is 2.00 bits per heavy atom. The third-order valence-electron chi connectivity index (χ3n) is 1.28. The molecule has 4 nitrogen and oxygen atoms in total. The first-order valence-electron chi connectivity index (χ1n) is 2.94. The smallest absolute Gasteiger partial charge is 0.264 e. The van der Waals surface area contributed by atoms with Crippen molar-refractivity contribution in [1.29, 1.82) is 0 Å². The summed E-state index contributed by atoms with van der Waals surface area (Å²) >= 11 is 0.